The lowest BCUT2D eigenvalue weighted by molar-refractivity contribution is -0.138. The Bertz CT molecular complexity index is 295. The van der Waals surface area contributed by atoms with Crippen LogP contribution < -0.4 is 5.32 Å². The van der Waals surface area contributed by atoms with Crippen LogP contribution in [-0.2, 0) is 4.79 Å². The highest BCUT2D eigenvalue weighted by molar-refractivity contribution is 6.83. The second kappa shape index (κ2) is 3.75. The predicted molar refractivity (Wildman–Crippen MR) is 58.2 cm³/mol. The summed E-state index contributed by atoms with van der Waals surface area (Å²) in [7, 11) is -1.38. The van der Waals surface area contributed by atoms with Gasteiger partial charge in [-0.3, -0.25) is 4.79 Å². The lowest BCUT2D eigenvalue weighted by Crippen LogP contribution is -2.61. The van der Waals surface area contributed by atoms with E-state index in [1.165, 1.54) is 0 Å². The Morgan fingerprint density at radius 3 is 2.43 bits per heavy atom. The van der Waals surface area contributed by atoms with Crippen molar-refractivity contribution in [1.82, 2.24) is 5.32 Å². The molecule has 0 saturated carbocycles. The van der Waals surface area contributed by atoms with Crippen LogP contribution in [0.1, 0.15) is 6.92 Å². The molecule has 1 aliphatic heterocycles. The van der Waals surface area contributed by atoms with Crippen molar-refractivity contribution in [2.24, 2.45) is 5.92 Å². The monoisotopic (exact) mass is 211 g/mol. The molecule has 0 aliphatic carbocycles. The first-order valence-electron chi connectivity index (χ1n) is 4.82. The van der Waals surface area contributed by atoms with E-state index in [9.17, 15) is 9.90 Å². The van der Waals surface area contributed by atoms with Crippen molar-refractivity contribution in [3.63, 3.8) is 0 Å². The van der Waals surface area contributed by atoms with Crippen molar-refractivity contribution < 1.29 is 9.90 Å². The van der Waals surface area contributed by atoms with Crippen molar-refractivity contribution in [2.45, 2.75) is 38.7 Å². The molecule has 1 heterocycles. The smallest absolute Gasteiger partial charge is 0.229 e. The molecule has 14 heavy (non-hydrogen) atoms. The van der Waals surface area contributed by atoms with Gasteiger partial charge in [-0.05, 0) is 6.92 Å². The molecule has 0 radical (unpaired) electrons. The van der Waals surface area contributed by atoms with Crippen molar-refractivity contribution in [2.75, 3.05) is 0 Å². The molecular formula is C10H17NO2Si. The molecular weight excluding hydrogens is 194 g/mol. The van der Waals surface area contributed by atoms with Gasteiger partial charge in [0.05, 0.1) is 12.0 Å². The lowest BCUT2D eigenvalue weighted by atomic mass is 9.87. The third kappa shape index (κ3) is 2.60. The van der Waals surface area contributed by atoms with Gasteiger partial charge in [0.15, 0.2) is 0 Å². The number of nitrogens with one attached hydrogen (secondary N) is 1. The molecule has 1 rings (SSSR count). The highest BCUT2D eigenvalue weighted by atomic mass is 28.3. The van der Waals surface area contributed by atoms with Crippen LogP contribution in [0, 0.1) is 17.4 Å². The molecule has 1 aliphatic rings. The van der Waals surface area contributed by atoms with Gasteiger partial charge in [0.25, 0.3) is 0 Å². The molecule has 78 valence electrons. The Labute approximate surface area is 85.9 Å². The van der Waals surface area contributed by atoms with Crippen molar-refractivity contribution >= 4 is 14.0 Å². The van der Waals surface area contributed by atoms with E-state index in [-0.39, 0.29) is 17.9 Å². The minimum atomic E-state index is -1.38. The maximum Gasteiger partial charge on any atom is 0.229 e. The maximum atomic E-state index is 11.1. The van der Waals surface area contributed by atoms with E-state index < -0.39 is 14.2 Å². The van der Waals surface area contributed by atoms with Gasteiger partial charge in [0, 0.05) is 0 Å². The first-order chi connectivity index (χ1) is 6.31. The summed E-state index contributed by atoms with van der Waals surface area (Å²) in [5.41, 5.74) is 3.19. The number of rotatable bonds is 1. The number of β-lactam (4-membered cyclic amide) rings is 1. The predicted octanol–water partition coefficient (Wildman–Crippen LogP) is 0.363. The summed E-state index contributed by atoms with van der Waals surface area (Å²) in [6.07, 6.45) is -0.607. The molecule has 1 fully saturated rings. The SMILES string of the molecule is CC(O)[C@@H]1C(=O)N[C@H]1C#C[Si](C)(C)C. The Balaban J connectivity index is 2.63. The van der Waals surface area contributed by atoms with Crippen LogP contribution in [0.4, 0.5) is 0 Å². The lowest BCUT2D eigenvalue weighted by Gasteiger charge is -2.35. The minimum Gasteiger partial charge on any atom is -0.392 e. The average molecular weight is 211 g/mol. The number of carbonyl (C=O) groups excluding carboxylic acids is 1. The highest BCUT2D eigenvalue weighted by Crippen LogP contribution is 2.18. The van der Waals surface area contributed by atoms with Gasteiger partial charge < -0.3 is 10.4 Å². The summed E-state index contributed by atoms with van der Waals surface area (Å²) < 4.78 is 0. The second-order valence-electron chi connectivity index (χ2n) is 4.77. The molecule has 1 saturated heterocycles. The van der Waals surface area contributed by atoms with Crippen molar-refractivity contribution in [1.29, 1.82) is 0 Å². The summed E-state index contributed by atoms with van der Waals surface area (Å²) in [5, 5.41) is 12.0. The zero-order valence-corrected chi connectivity index (χ0v) is 10.1. The fourth-order valence-corrected chi connectivity index (χ4v) is 1.90. The van der Waals surface area contributed by atoms with E-state index in [1.807, 2.05) is 0 Å². The van der Waals surface area contributed by atoms with Crippen molar-refractivity contribution in [3.05, 3.63) is 0 Å². The van der Waals surface area contributed by atoms with Crippen LogP contribution >= 0.6 is 0 Å². The van der Waals surface area contributed by atoms with Gasteiger partial charge in [-0.15, -0.1) is 5.54 Å². The molecule has 0 bridgehead atoms. The zero-order valence-electron chi connectivity index (χ0n) is 9.09. The third-order valence-electron chi connectivity index (χ3n) is 2.08. The number of amides is 1. The number of aliphatic hydroxyl groups is 1. The molecule has 1 amide bonds. The van der Waals surface area contributed by atoms with Gasteiger partial charge in [-0.1, -0.05) is 25.6 Å². The summed E-state index contributed by atoms with van der Waals surface area (Å²) in [6, 6.07) is -0.144. The summed E-state index contributed by atoms with van der Waals surface area (Å²) in [4.78, 5) is 11.1. The Hall–Kier alpha value is -0.793. The van der Waals surface area contributed by atoms with E-state index in [2.05, 4.69) is 36.4 Å². The maximum absolute atomic E-state index is 11.1. The fraction of sp³-hybridized carbons (Fsp3) is 0.700. The molecule has 2 N–H and O–H groups in total. The topological polar surface area (TPSA) is 49.3 Å². The molecule has 3 atom stereocenters. The number of carbonyl (C=O) groups is 1. The molecule has 0 spiro atoms. The van der Waals surface area contributed by atoms with Gasteiger partial charge in [0.1, 0.15) is 14.1 Å². The quantitative estimate of drug-likeness (QED) is 0.374. The summed E-state index contributed by atoms with van der Waals surface area (Å²) in [6.45, 7) is 8.08. The average Bonchev–Trinajstić information content (AvgIpc) is 1.93. The molecule has 3 nitrogen and oxygen atoms in total. The van der Waals surface area contributed by atoms with Crippen LogP contribution in [0.5, 0.6) is 0 Å². The van der Waals surface area contributed by atoms with E-state index in [0.717, 1.165) is 0 Å². The largest absolute Gasteiger partial charge is 0.392 e. The molecule has 0 aromatic carbocycles. The van der Waals surface area contributed by atoms with Crippen LogP contribution in [-0.4, -0.2) is 31.2 Å². The Morgan fingerprint density at radius 1 is 1.50 bits per heavy atom. The zero-order chi connectivity index (χ0) is 10.9. The van der Waals surface area contributed by atoms with Crippen LogP contribution in [0.3, 0.4) is 0 Å². The molecule has 1 unspecified atom stereocenters. The molecule has 4 heteroatoms. The number of hydrogen-bond donors (Lipinski definition) is 2. The summed E-state index contributed by atoms with van der Waals surface area (Å²) in [5.74, 6) is 2.62. The van der Waals surface area contributed by atoms with Crippen molar-refractivity contribution in [3.8, 4) is 11.5 Å². The highest BCUT2D eigenvalue weighted by Gasteiger charge is 2.41. The van der Waals surface area contributed by atoms with Gasteiger partial charge >= 0.3 is 0 Å². The van der Waals surface area contributed by atoms with Gasteiger partial charge in [-0.2, -0.15) is 0 Å². The third-order valence-corrected chi connectivity index (χ3v) is 2.98. The first-order valence-corrected chi connectivity index (χ1v) is 8.32. The second-order valence-corrected chi connectivity index (χ2v) is 9.52. The van der Waals surface area contributed by atoms with E-state index in [4.69, 9.17) is 0 Å². The normalized spacial score (nSPS) is 28.2. The van der Waals surface area contributed by atoms with E-state index in [0.29, 0.717) is 0 Å². The van der Waals surface area contributed by atoms with Gasteiger partial charge in [-0.25, -0.2) is 0 Å². The number of hydrogen-bond acceptors (Lipinski definition) is 2. The van der Waals surface area contributed by atoms with Crippen LogP contribution in [0.15, 0.2) is 0 Å². The van der Waals surface area contributed by atoms with Gasteiger partial charge in [0.2, 0.25) is 5.91 Å². The molecule has 0 aromatic heterocycles. The standard InChI is InChI=1S/C10H17NO2Si/c1-7(12)9-8(11-10(9)13)5-6-14(2,3)4/h7-9,12H,1-4H3,(H,11,13)/t7?,8-,9-/m0/s1. The Kier molecular flexibility index (Phi) is 3.03. The minimum absolute atomic E-state index is 0.0881. The van der Waals surface area contributed by atoms with Crippen LogP contribution in [0.25, 0.3) is 0 Å². The first kappa shape index (κ1) is 11.3. The van der Waals surface area contributed by atoms with E-state index in [1.54, 1.807) is 6.92 Å². The summed E-state index contributed by atoms with van der Waals surface area (Å²) >= 11 is 0. The number of aliphatic hydroxyl groups excluding tert-OH is 1. The fourth-order valence-electron chi connectivity index (χ4n) is 1.31. The Morgan fingerprint density at radius 2 is 2.07 bits per heavy atom. The van der Waals surface area contributed by atoms with Crippen LogP contribution in [0.2, 0.25) is 19.6 Å². The van der Waals surface area contributed by atoms with E-state index >= 15 is 0 Å². The molecule has 0 aromatic rings.